The fourth-order valence-electron chi connectivity index (χ4n) is 2.08. The maximum atomic E-state index is 3.57. The summed E-state index contributed by atoms with van der Waals surface area (Å²) >= 11 is 3.57. The minimum atomic E-state index is 0.279. The number of hydrogen-bond donors (Lipinski definition) is 1. The van der Waals surface area contributed by atoms with Gasteiger partial charge in [-0.25, -0.2) is 0 Å². The first-order chi connectivity index (χ1) is 9.47. The summed E-state index contributed by atoms with van der Waals surface area (Å²) in [4.78, 5) is 2.11. The fourth-order valence-corrected chi connectivity index (χ4v) is 2.46. The summed E-state index contributed by atoms with van der Waals surface area (Å²) in [5.74, 6) is 0. The third kappa shape index (κ3) is 3.54. The van der Waals surface area contributed by atoms with Crippen LogP contribution in [0, 0.1) is 6.92 Å². The molecule has 2 rings (SSSR count). The van der Waals surface area contributed by atoms with Crippen molar-refractivity contribution in [2.24, 2.45) is 0 Å². The smallest absolute Gasteiger partial charge is 0.0485 e. The lowest BCUT2D eigenvalue weighted by atomic mass is 10.1. The summed E-state index contributed by atoms with van der Waals surface area (Å²) in [6, 6.07) is 15.3. The zero-order valence-corrected chi connectivity index (χ0v) is 14.0. The normalized spacial score (nSPS) is 12.1. The van der Waals surface area contributed by atoms with Gasteiger partial charge in [0.1, 0.15) is 0 Å². The molecule has 1 N–H and O–H groups in total. The van der Waals surface area contributed by atoms with E-state index >= 15 is 0 Å². The number of benzene rings is 2. The molecule has 0 aliphatic carbocycles. The van der Waals surface area contributed by atoms with Gasteiger partial charge < -0.3 is 10.2 Å². The van der Waals surface area contributed by atoms with E-state index in [1.165, 1.54) is 16.8 Å². The molecule has 0 saturated carbocycles. The van der Waals surface area contributed by atoms with Crippen molar-refractivity contribution in [2.75, 3.05) is 24.3 Å². The Morgan fingerprint density at radius 2 is 1.70 bits per heavy atom. The Morgan fingerprint density at radius 1 is 1.05 bits per heavy atom. The van der Waals surface area contributed by atoms with Gasteiger partial charge in [0.25, 0.3) is 0 Å². The van der Waals surface area contributed by atoms with Crippen molar-refractivity contribution in [3.05, 3.63) is 58.1 Å². The molecule has 106 valence electrons. The first-order valence-corrected chi connectivity index (χ1v) is 7.56. The quantitative estimate of drug-likeness (QED) is 0.847. The number of nitrogens with zero attached hydrogens (tertiary/aromatic N) is 1. The van der Waals surface area contributed by atoms with Gasteiger partial charge in [-0.1, -0.05) is 34.1 Å². The molecule has 0 fully saturated rings. The van der Waals surface area contributed by atoms with Crippen molar-refractivity contribution in [3.63, 3.8) is 0 Å². The molecule has 1 atom stereocenters. The average Bonchev–Trinajstić information content (AvgIpc) is 2.43. The van der Waals surface area contributed by atoms with Crippen molar-refractivity contribution >= 4 is 27.3 Å². The van der Waals surface area contributed by atoms with Gasteiger partial charge >= 0.3 is 0 Å². The molecular formula is C17H21BrN2. The van der Waals surface area contributed by atoms with E-state index in [9.17, 15) is 0 Å². The highest BCUT2D eigenvalue weighted by Crippen LogP contribution is 2.25. The van der Waals surface area contributed by atoms with E-state index in [2.05, 4.69) is 96.6 Å². The third-order valence-corrected chi connectivity index (χ3v) is 4.32. The predicted octanol–water partition coefficient (Wildman–Crippen LogP) is 5.00. The second-order valence-electron chi connectivity index (χ2n) is 5.32. The van der Waals surface area contributed by atoms with Crippen molar-refractivity contribution in [1.29, 1.82) is 0 Å². The Morgan fingerprint density at radius 3 is 2.25 bits per heavy atom. The van der Waals surface area contributed by atoms with Crippen LogP contribution in [0.5, 0.6) is 0 Å². The molecule has 0 heterocycles. The fraction of sp³-hybridized carbons (Fsp3) is 0.294. The van der Waals surface area contributed by atoms with Gasteiger partial charge in [0, 0.05) is 36.0 Å². The molecule has 2 nitrogen and oxygen atoms in total. The summed E-state index contributed by atoms with van der Waals surface area (Å²) in [6.45, 7) is 4.27. The Kier molecular flexibility index (Phi) is 4.71. The lowest BCUT2D eigenvalue weighted by Gasteiger charge is -2.18. The summed E-state index contributed by atoms with van der Waals surface area (Å²) in [7, 11) is 4.11. The monoisotopic (exact) mass is 332 g/mol. The summed E-state index contributed by atoms with van der Waals surface area (Å²) in [5.41, 5.74) is 4.89. The van der Waals surface area contributed by atoms with Gasteiger partial charge in [-0.3, -0.25) is 0 Å². The van der Waals surface area contributed by atoms with Crippen molar-refractivity contribution in [2.45, 2.75) is 19.9 Å². The number of nitrogens with one attached hydrogen (secondary N) is 1. The first-order valence-electron chi connectivity index (χ1n) is 6.77. The predicted molar refractivity (Wildman–Crippen MR) is 91.7 cm³/mol. The highest BCUT2D eigenvalue weighted by atomic mass is 79.9. The van der Waals surface area contributed by atoms with Crippen LogP contribution in [0.15, 0.2) is 46.9 Å². The molecule has 2 aromatic carbocycles. The molecular weight excluding hydrogens is 312 g/mol. The zero-order chi connectivity index (χ0) is 14.7. The average molecular weight is 333 g/mol. The van der Waals surface area contributed by atoms with E-state index in [0.717, 1.165) is 10.2 Å². The molecule has 0 bridgehead atoms. The van der Waals surface area contributed by atoms with E-state index in [4.69, 9.17) is 0 Å². The third-order valence-electron chi connectivity index (χ3n) is 3.46. The number of anilines is 2. The SMILES string of the molecule is Cc1ccc(NC(C)c2ccc(N(C)C)cc2)cc1Br. The highest BCUT2D eigenvalue weighted by Gasteiger charge is 2.06. The Labute approximate surface area is 129 Å². The molecule has 0 amide bonds. The number of rotatable bonds is 4. The topological polar surface area (TPSA) is 15.3 Å². The minimum Gasteiger partial charge on any atom is -0.378 e. The zero-order valence-electron chi connectivity index (χ0n) is 12.4. The molecule has 0 aliphatic rings. The lowest BCUT2D eigenvalue weighted by molar-refractivity contribution is 0.884. The van der Waals surface area contributed by atoms with Gasteiger partial charge in [-0.15, -0.1) is 0 Å². The molecule has 1 unspecified atom stereocenters. The molecule has 0 radical (unpaired) electrons. The van der Waals surface area contributed by atoms with E-state index in [0.29, 0.717) is 0 Å². The van der Waals surface area contributed by atoms with Gasteiger partial charge in [-0.2, -0.15) is 0 Å². The van der Waals surface area contributed by atoms with E-state index in [1.54, 1.807) is 0 Å². The van der Waals surface area contributed by atoms with Crippen LogP contribution in [0.2, 0.25) is 0 Å². The van der Waals surface area contributed by atoms with Gasteiger partial charge in [0.05, 0.1) is 0 Å². The Bertz CT molecular complexity index is 576. The van der Waals surface area contributed by atoms with Crippen LogP contribution < -0.4 is 10.2 Å². The van der Waals surface area contributed by atoms with Crippen LogP contribution in [-0.2, 0) is 0 Å². The lowest BCUT2D eigenvalue weighted by Crippen LogP contribution is -2.10. The maximum absolute atomic E-state index is 3.57. The highest BCUT2D eigenvalue weighted by molar-refractivity contribution is 9.10. The van der Waals surface area contributed by atoms with Gasteiger partial charge in [-0.05, 0) is 49.2 Å². The number of hydrogen-bond acceptors (Lipinski definition) is 2. The van der Waals surface area contributed by atoms with Crippen LogP contribution in [0.25, 0.3) is 0 Å². The van der Waals surface area contributed by atoms with Crippen LogP contribution in [0.4, 0.5) is 11.4 Å². The largest absolute Gasteiger partial charge is 0.378 e. The molecule has 0 aliphatic heterocycles. The van der Waals surface area contributed by atoms with Crippen LogP contribution >= 0.6 is 15.9 Å². The van der Waals surface area contributed by atoms with Gasteiger partial charge in [0.15, 0.2) is 0 Å². The Hall–Kier alpha value is -1.48. The second kappa shape index (κ2) is 6.31. The van der Waals surface area contributed by atoms with Crippen LogP contribution in [0.3, 0.4) is 0 Å². The number of aryl methyl sites for hydroxylation is 1. The molecule has 0 spiro atoms. The molecule has 0 aromatic heterocycles. The maximum Gasteiger partial charge on any atom is 0.0485 e. The molecule has 0 saturated heterocycles. The van der Waals surface area contributed by atoms with Crippen molar-refractivity contribution in [3.8, 4) is 0 Å². The first kappa shape index (κ1) is 14.9. The van der Waals surface area contributed by atoms with E-state index in [-0.39, 0.29) is 6.04 Å². The Balaban J connectivity index is 2.10. The summed E-state index contributed by atoms with van der Waals surface area (Å²) in [6.07, 6.45) is 0. The van der Waals surface area contributed by atoms with Crippen molar-refractivity contribution < 1.29 is 0 Å². The van der Waals surface area contributed by atoms with Crippen molar-refractivity contribution in [1.82, 2.24) is 0 Å². The summed E-state index contributed by atoms with van der Waals surface area (Å²) < 4.78 is 1.14. The number of halogens is 1. The van der Waals surface area contributed by atoms with Gasteiger partial charge in [0.2, 0.25) is 0 Å². The molecule has 2 aromatic rings. The second-order valence-corrected chi connectivity index (χ2v) is 6.17. The minimum absolute atomic E-state index is 0.279. The standard InChI is InChI=1S/C17H21BrN2/c1-12-5-8-15(11-17(12)18)19-13(2)14-6-9-16(10-7-14)20(3)4/h5-11,13,19H,1-4H3. The van der Waals surface area contributed by atoms with Crippen LogP contribution in [-0.4, -0.2) is 14.1 Å². The summed E-state index contributed by atoms with van der Waals surface area (Å²) in [5, 5.41) is 3.53. The van der Waals surface area contributed by atoms with Crippen LogP contribution in [0.1, 0.15) is 24.1 Å². The van der Waals surface area contributed by atoms with E-state index in [1.807, 2.05) is 0 Å². The molecule has 20 heavy (non-hydrogen) atoms. The van der Waals surface area contributed by atoms with E-state index < -0.39 is 0 Å². The molecule has 3 heteroatoms.